The normalized spacial score (nSPS) is 15.8. The maximum atomic E-state index is 14.9. The summed E-state index contributed by atoms with van der Waals surface area (Å²) in [5.41, 5.74) is -0.860. The molecule has 1 fully saturated rings. The van der Waals surface area contributed by atoms with Gasteiger partial charge in [-0.25, -0.2) is 22.6 Å². The molecule has 1 aromatic carbocycles. The highest BCUT2D eigenvalue weighted by Gasteiger charge is 2.36. The highest BCUT2D eigenvalue weighted by atomic mass is 19.2. The number of rotatable bonds is 5. The number of cyclic esters (lactones) is 1. The fraction of sp³-hybridized carbons (Fsp3) is 0.211. The van der Waals surface area contributed by atoms with Gasteiger partial charge in [0.2, 0.25) is 5.82 Å². The van der Waals surface area contributed by atoms with Crippen LogP contribution in [0.5, 0.6) is 0 Å². The highest BCUT2D eigenvalue weighted by Crippen LogP contribution is 2.35. The van der Waals surface area contributed by atoms with E-state index in [9.17, 15) is 18.0 Å². The molecule has 0 spiro atoms. The third-order valence-electron chi connectivity index (χ3n) is 4.96. The first kappa shape index (κ1) is 20.5. The summed E-state index contributed by atoms with van der Waals surface area (Å²) in [5.74, 6) is -3.68. The summed E-state index contributed by atoms with van der Waals surface area (Å²) in [6.45, 7) is 0.0424. The van der Waals surface area contributed by atoms with Crippen molar-refractivity contribution in [2.24, 2.45) is 7.05 Å². The molecule has 14 heteroatoms. The number of tetrazole rings is 1. The molecular weight excluding hydrogens is 443 g/mol. The van der Waals surface area contributed by atoms with Gasteiger partial charge >= 0.3 is 6.09 Å². The summed E-state index contributed by atoms with van der Waals surface area (Å²) >= 11 is 0. The molecule has 0 aliphatic carbocycles. The fourth-order valence-corrected chi connectivity index (χ4v) is 3.46. The molecule has 168 valence electrons. The molecule has 1 saturated heterocycles. The molecule has 3 aromatic heterocycles. The standard InChI is InChI=1S/C19H14F3N9O2/c1-29-26-18(25-28-29)13-3-2-10(7-23-13)15-12(20)6-14(16(21)17(15)22)31-9-11(33-19(31)32)8-30-5-4-24-27-30/h2-7,11H,8-9H2,1H3/t11-/m0/s1. The van der Waals surface area contributed by atoms with E-state index in [0.29, 0.717) is 5.69 Å². The molecule has 4 aromatic rings. The first-order chi connectivity index (χ1) is 15.9. The van der Waals surface area contributed by atoms with Gasteiger partial charge in [-0.15, -0.1) is 15.3 Å². The van der Waals surface area contributed by atoms with Crippen LogP contribution in [0.4, 0.5) is 23.7 Å². The molecule has 0 radical (unpaired) electrons. The number of carbonyl (C=O) groups excluding carboxylic acids is 1. The Bertz CT molecular complexity index is 1330. The summed E-state index contributed by atoms with van der Waals surface area (Å²) in [7, 11) is 1.58. The molecule has 1 atom stereocenters. The highest BCUT2D eigenvalue weighted by molar-refractivity contribution is 5.90. The number of ether oxygens (including phenoxy) is 1. The first-order valence-electron chi connectivity index (χ1n) is 9.61. The zero-order valence-corrected chi connectivity index (χ0v) is 16.9. The Morgan fingerprint density at radius 2 is 2.03 bits per heavy atom. The monoisotopic (exact) mass is 457 g/mol. The van der Waals surface area contributed by atoms with Crippen LogP contribution in [0.3, 0.4) is 0 Å². The minimum Gasteiger partial charge on any atom is -0.442 e. The molecule has 0 unspecified atom stereocenters. The lowest BCUT2D eigenvalue weighted by Gasteiger charge is -2.16. The number of hydrogen-bond acceptors (Lipinski definition) is 8. The quantitative estimate of drug-likeness (QED) is 0.418. The van der Waals surface area contributed by atoms with Gasteiger partial charge in [0.05, 0.1) is 37.6 Å². The van der Waals surface area contributed by atoms with Gasteiger partial charge in [-0.2, -0.15) is 4.80 Å². The van der Waals surface area contributed by atoms with Crippen LogP contribution < -0.4 is 4.90 Å². The van der Waals surface area contributed by atoms with E-state index in [1.54, 1.807) is 13.2 Å². The minimum atomic E-state index is -1.45. The Labute approximate surface area is 183 Å². The lowest BCUT2D eigenvalue weighted by molar-refractivity contribution is 0.129. The molecule has 11 nitrogen and oxygen atoms in total. The molecule has 0 saturated carbocycles. The number of benzene rings is 1. The van der Waals surface area contributed by atoms with Crippen molar-refractivity contribution in [1.29, 1.82) is 0 Å². The molecular formula is C19H14F3N9O2. The van der Waals surface area contributed by atoms with Crippen LogP contribution in [0, 0.1) is 17.5 Å². The van der Waals surface area contributed by atoms with Gasteiger partial charge in [-0.05, 0) is 11.3 Å². The van der Waals surface area contributed by atoms with E-state index in [-0.39, 0.29) is 24.5 Å². The van der Waals surface area contributed by atoms with E-state index in [2.05, 4.69) is 30.7 Å². The number of aryl methyl sites for hydroxylation is 1. The zero-order chi connectivity index (χ0) is 23.1. The molecule has 1 aliphatic heterocycles. The largest absolute Gasteiger partial charge is 0.442 e. The van der Waals surface area contributed by atoms with Crippen LogP contribution in [-0.2, 0) is 18.3 Å². The average Bonchev–Trinajstić information content (AvgIpc) is 3.54. The van der Waals surface area contributed by atoms with Crippen molar-refractivity contribution in [3.05, 3.63) is 54.2 Å². The molecule has 4 heterocycles. The summed E-state index contributed by atoms with van der Waals surface area (Å²) < 4.78 is 51.4. The molecule has 1 amide bonds. The van der Waals surface area contributed by atoms with Crippen molar-refractivity contribution < 1.29 is 22.7 Å². The summed E-state index contributed by atoms with van der Waals surface area (Å²) in [4.78, 5) is 18.4. The number of halogens is 3. The summed E-state index contributed by atoms with van der Waals surface area (Å²) in [5, 5.41) is 18.9. The van der Waals surface area contributed by atoms with Crippen LogP contribution in [0.25, 0.3) is 22.6 Å². The van der Waals surface area contributed by atoms with Crippen molar-refractivity contribution in [3.63, 3.8) is 0 Å². The van der Waals surface area contributed by atoms with Gasteiger partial charge in [0, 0.05) is 24.0 Å². The van der Waals surface area contributed by atoms with Crippen LogP contribution >= 0.6 is 0 Å². The fourth-order valence-electron chi connectivity index (χ4n) is 3.46. The number of anilines is 1. The Hall–Kier alpha value is -4.36. The van der Waals surface area contributed by atoms with Crippen molar-refractivity contribution >= 4 is 11.8 Å². The zero-order valence-electron chi connectivity index (χ0n) is 16.9. The minimum absolute atomic E-state index is 0.00357. The Morgan fingerprint density at radius 1 is 1.18 bits per heavy atom. The van der Waals surface area contributed by atoms with Crippen molar-refractivity contribution in [3.8, 4) is 22.6 Å². The van der Waals surface area contributed by atoms with Gasteiger partial charge in [0.15, 0.2) is 11.6 Å². The van der Waals surface area contributed by atoms with Gasteiger partial charge in [0.1, 0.15) is 17.6 Å². The second-order valence-corrected chi connectivity index (χ2v) is 7.16. The number of hydrogen-bond donors (Lipinski definition) is 0. The van der Waals surface area contributed by atoms with E-state index in [1.165, 1.54) is 34.0 Å². The predicted molar refractivity (Wildman–Crippen MR) is 105 cm³/mol. The Balaban J connectivity index is 1.43. The number of pyridine rings is 1. The van der Waals surface area contributed by atoms with Crippen LogP contribution in [-0.4, -0.2) is 58.9 Å². The number of aromatic nitrogens is 8. The first-order valence-corrected chi connectivity index (χ1v) is 9.61. The van der Waals surface area contributed by atoms with Crippen LogP contribution in [0.2, 0.25) is 0 Å². The lowest BCUT2D eigenvalue weighted by atomic mass is 10.0. The SMILES string of the molecule is Cn1nnc(-c2ccc(-c3c(F)cc(N4C[C@H](Cn5ccnn5)OC4=O)c(F)c3F)cn2)n1. The smallest absolute Gasteiger partial charge is 0.414 e. The molecule has 0 N–H and O–H groups in total. The van der Waals surface area contributed by atoms with Crippen molar-refractivity contribution in [2.45, 2.75) is 12.6 Å². The van der Waals surface area contributed by atoms with E-state index >= 15 is 0 Å². The third kappa shape index (κ3) is 3.75. The molecule has 1 aliphatic rings. The summed E-state index contributed by atoms with van der Waals surface area (Å²) in [6, 6.07) is 3.55. The molecule has 5 rings (SSSR count). The van der Waals surface area contributed by atoms with E-state index in [0.717, 1.165) is 11.0 Å². The van der Waals surface area contributed by atoms with Gasteiger partial charge in [0.25, 0.3) is 0 Å². The van der Waals surface area contributed by atoms with Gasteiger partial charge in [-0.3, -0.25) is 9.88 Å². The lowest BCUT2D eigenvalue weighted by Crippen LogP contribution is -2.27. The number of carbonyl (C=O) groups is 1. The third-order valence-corrected chi connectivity index (χ3v) is 4.96. The van der Waals surface area contributed by atoms with Gasteiger partial charge < -0.3 is 4.74 Å². The summed E-state index contributed by atoms with van der Waals surface area (Å²) in [6.07, 6.45) is 2.56. The maximum absolute atomic E-state index is 14.9. The second-order valence-electron chi connectivity index (χ2n) is 7.16. The van der Waals surface area contributed by atoms with Crippen molar-refractivity contribution in [1.82, 2.24) is 40.2 Å². The van der Waals surface area contributed by atoms with Crippen molar-refractivity contribution in [2.75, 3.05) is 11.4 Å². The molecule has 0 bridgehead atoms. The number of amides is 1. The van der Waals surface area contributed by atoms with Crippen LogP contribution in [0.15, 0.2) is 36.8 Å². The number of nitrogens with zero attached hydrogens (tertiary/aromatic N) is 9. The van der Waals surface area contributed by atoms with E-state index < -0.39 is 40.9 Å². The average molecular weight is 457 g/mol. The predicted octanol–water partition coefficient (Wildman–Crippen LogP) is 1.97. The van der Waals surface area contributed by atoms with Gasteiger partial charge in [-0.1, -0.05) is 11.3 Å². The van der Waals surface area contributed by atoms with E-state index in [1.807, 2.05) is 0 Å². The second kappa shape index (κ2) is 7.96. The molecule has 33 heavy (non-hydrogen) atoms. The van der Waals surface area contributed by atoms with Crippen LogP contribution in [0.1, 0.15) is 0 Å². The Morgan fingerprint density at radius 3 is 2.70 bits per heavy atom. The maximum Gasteiger partial charge on any atom is 0.414 e. The topological polar surface area (TPSA) is 117 Å². The van der Waals surface area contributed by atoms with E-state index in [4.69, 9.17) is 4.74 Å². The Kier molecular flexibility index (Phi) is 4.95.